The van der Waals surface area contributed by atoms with Crippen LogP contribution in [0.15, 0.2) is 22.7 Å². The van der Waals surface area contributed by atoms with Crippen LogP contribution in [0.3, 0.4) is 0 Å². The zero-order chi connectivity index (χ0) is 14.9. The highest BCUT2D eigenvalue weighted by Crippen LogP contribution is 2.38. The first-order valence-corrected chi connectivity index (χ1v) is 8.32. The highest BCUT2D eigenvalue weighted by Gasteiger charge is 2.29. The van der Waals surface area contributed by atoms with Crippen LogP contribution in [-0.4, -0.2) is 18.1 Å². The fourth-order valence-corrected chi connectivity index (χ4v) is 3.51. The predicted molar refractivity (Wildman–Crippen MR) is 94.5 cm³/mol. The third-order valence-corrected chi connectivity index (χ3v) is 5.17. The molecule has 20 heavy (non-hydrogen) atoms. The zero-order valence-electron chi connectivity index (χ0n) is 12.4. The lowest BCUT2D eigenvalue weighted by Crippen LogP contribution is -2.38. The second-order valence-electron chi connectivity index (χ2n) is 6.53. The molecular weight excluding hydrogens is 332 g/mol. The SMILES string of the molecule is CN(c1ccc(Br)cc1C(N)=S)C1CCC(C)(C)CC1. The Morgan fingerprint density at radius 3 is 2.50 bits per heavy atom. The highest BCUT2D eigenvalue weighted by atomic mass is 79.9. The smallest absolute Gasteiger partial charge is 0.106 e. The van der Waals surface area contributed by atoms with Gasteiger partial charge in [0.2, 0.25) is 0 Å². The van der Waals surface area contributed by atoms with Gasteiger partial charge in [0.05, 0.1) is 0 Å². The Morgan fingerprint density at radius 2 is 1.95 bits per heavy atom. The summed E-state index contributed by atoms with van der Waals surface area (Å²) in [6.07, 6.45) is 5.02. The van der Waals surface area contributed by atoms with Crippen LogP contribution in [0.4, 0.5) is 5.69 Å². The van der Waals surface area contributed by atoms with Crippen molar-refractivity contribution in [1.82, 2.24) is 0 Å². The van der Waals surface area contributed by atoms with Gasteiger partial charge in [-0.15, -0.1) is 0 Å². The third-order valence-electron chi connectivity index (χ3n) is 4.46. The summed E-state index contributed by atoms with van der Waals surface area (Å²) in [6, 6.07) is 6.76. The fourth-order valence-electron chi connectivity index (χ4n) is 2.98. The van der Waals surface area contributed by atoms with Crippen molar-refractivity contribution < 1.29 is 0 Å². The number of nitrogens with two attached hydrogens (primary N) is 1. The van der Waals surface area contributed by atoms with E-state index in [9.17, 15) is 0 Å². The molecule has 0 radical (unpaired) electrons. The summed E-state index contributed by atoms with van der Waals surface area (Å²) in [6.45, 7) is 4.73. The summed E-state index contributed by atoms with van der Waals surface area (Å²) in [5.74, 6) is 0. The lowest BCUT2D eigenvalue weighted by molar-refractivity contribution is 0.222. The third kappa shape index (κ3) is 3.53. The summed E-state index contributed by atoms with van der Waals surface area (Å²) in [4.78, 5) is 2.82. The molecule has 0 spiro atoms. The van der Waals surface area contributed by atoms with Gasteiger partial charge in [0.25, 0.3) is 0 Å². The van der Waals surface area contributed by atoms with E-state index in [-0.39, 0.29) is 0 Å². The Labute approximate surface area is 135 Å². The van der Waals surface area contributed by atoms with Crippen LogP contribution in [0, 0.1) is 5.41 Å². The average Bonchev–Trinajstić information content (AvgIpc) is 2.37. The van der Waals surface area contributed by atoms with Crippen molar-refractivity contribution in [3.8, 4) is 0 Å². The number of benzene rings is 1. The molecule has 0 heterocycles. The molecule has 1 aromatic rings. The summed E-state index contributed by atoms with van der Waals surface area (Å²) in [5, 5.41) is 0. The van der Waals surface area contributed by atoms with Crippen molar-refractivity contribution in [3.63, 3.8) is 0 Å². The van der Waals surface area contributed by atoms with E-state index >= 15 is 0 Å². The van der Waals surface area contributed by atoms with Gasteiger partial charge in [-0.2, -0.15) is 0 Å². The van der Waals surface area contributed by atoms with E-state index in [1.54, 1.807) is 0 Å². The van der Waals surface area contributed by atoms with E-state index in [1.165, 1.54) is 25.7 Å². The van der Waals surface area contributed by atoms with Gasteiger partial charge in [-0.05, 0) is 49.3 Å². The first-order valence-electron chi connectivity index (χ1n) is 7.12. The fraction of sp³-hybridized carbons (Fsp3) is 0.562. The van der Waals surface area contributed by atoms with Gasteiger partial charge in [0.1, 0.15) is 4.99 Å². The predicted octanol–water partition coefficient (Wildman–Crippen LogP) is 4.49. The normalized spacial score (nSPS) is 18.8. The lowest BCUT2D eigenvalue weighted by atomic mass is 9.75. The summed E-state index contributed by atoms with van der Waals surface area (Å²) in [7, 11) is 2.16. The van der Waals surface area contributed by atoms with Crippen LogP contribution in [0.5, 0.6) is 0 Å². The minimum absolute atomic E-state index is 0.462. The lowest BCUT2D eigenvalue weighted by Gasteiger charge is -2.40. The van der Waals surface area contributed by atoms with E-state index in [4.69, 9.17) is 18.0 Å². The Morgan fingerprint density at radius 1 is 1.35 bits per heavy atom. The van der Waals surface area contributed by atoms with Gasteiger partial charge in [0, 0.05) is 28.8 Å². The summed E-state index contributed by atoms with van der Waals surface area (Å²) >= 11 is 8.69. The Balaban J connectivity index is 2.21. The molecule has 110 valence electrons. The minimum atomic E-state index is 0.462. The number of rotatable bonds is 3. The second kappa shape index (κ2) is 6.02. The van der Waals surface area contributed by atoms with Crippen LogP contribution in [0.1, 0.15) is 45.1 Å². The largest absolute Gasteiger partial charge is 0.389 e. The molecule has 2 rings (SSSR count). The number of anilines is 1. The van der Waals surface area contributed by atoms with Crippen LogP contribution < -0.4 is 10.6 Å². The second-order valence-corrected chi connectivity index (χ2v) is 7.89. The molecule has 1 saturated carbocycles. The Bertz CT molecular complexity index is 503. The maximum Gasteiger partial charge on any atom is 0.106 e. The number of hydrogen-bond acceptors (Lipinski definition) is 2. The standard InChI is InChI=1S/C16H23BrN2S/c1-16(2)8-6-12(7-9-16)19(3)14-5-4-11(17)10-13(14)15(18)20/h4-5,10,12H,6-9H2,1-3H3,(H2,18,20). The van der Waals surface area contributed by atoms with Gasteiger partial charge in [-0.3, -0.25) is 0 Å². The van der Waals surface area contributed by atoms with E-state index in [0.717, 1.165) is 15.7 Å². The van der Waals surface area contributed by atoms with Crippen LogP contribution in [0.2, 0.25) is 0 Å². The zero-order valence-corrected chi connectivity index (χ0v) is 14.9. The molecule has 0 aliphatic heterocycles. The maximum atomic E-state index is 5.88. The molecule has 0 saturated heterocycles. The molecule has 4 heteroatoms. The molecule has 2 nitrogen and oxygen atoms in total. The summed E-state index contributed by atoms with van der Waals surface area (Å²) < 4.78 is 1.02. The van der Waals surface area contributed by atoms with Gasteiger partial charge < -0.3 is 10.6 Å². The van der Waals surface area contributed by atoms with Crippen LogP contribution >= 0.6 is 28.1 Å². The summed E-state index contributed by atoms with van der Waals surface area (Å²) in [5.41, 5.74) is 8.47. The van der Waals surface area contributed by atoms with Crippen molar-refractivity contribution >= 4 is 38.8 Å². The van der Waals surface area contributed by atoms with Gasteiger partial charge in [0.15, 0.2) is 0 Å². The van der Waals surface area contributed by atoms with Crippen LogP contribution in [-0.2, 0) is 0 Å². The van der Waals surface area contributed by atoms with Gasteiger partial charge >= 0.3 is 0 Å². The number of nitrogens with zero attached hydrogens (tertiary/aromatic N) is 1. The molecule has 0 atom stereocenters. The van der Waals surface area contributed by atoms with E-state index < -0.39 is 0 Å². The maximum absolute atomic E-state index is 5.88. The molecule has 1 aliphatic carbocycles. The average molecular weight is 355 g/mol. The van der Waals surface area contributed by atoms with E-state index in [0.29, 0.717) is 16.4 Å². The van der Waals surface area contributed by atoms with E-state index in [2.05, 4.69) is 53.9 Å². The van der Waals surface area contributed by atoms with Crippen LogP contribution in [0.25, 0.3) is 0 Å². The minimum Gasteiger partial charge on any atom is -0.389 e. The molecule has 1 aromatic carbocycles. The van der Waals surface area contributed by atoms with Gasteiger partial charge in [-0.1, -0.05) is 42.0 Å². The van der Waals surface area contributed by atoms with Crippen molar-refractivity contribution in [1.29, 1.82) is 0 Å². The van der Waals surface area contributed by atoms with E-state index in [1.807, 2.05) is 6.07 Å². The van der Waals surface area contributed by atoms with Crippen molar-refractivity contribution in [2.75, 3.05) is 11.9 Å². The molecule has 0 bridgehead atoms. The Kier molecular flexibility index (Phi) is 4.75. The Hall–Kier alpha value is -0.610. The number of hydrogen-bond donors (Lipinski definition) is 1. The molecule has 0 aromatic heterocycles. The topological polar surface area (TPSA) is 29.3 Å². The van der Waals surface area contributed by atoms with Crippen molar-refractivity contribution in [2.24, 2.45) is 11.1 Å². The number of halogens is 1. The molecule has 2 N–H and O–H groups in total. The molecule has 1 fully saturated rings. The number of thiocarbonyl (C=S) groups is 1. The van der Waals surface area contributed by atoms with Crippen molar-refractivity contribution in [3.05, 3.63) is 28.2 Å². The molecule has 0 amide bonds. The molecule has 0 unspecified atom stereocenters. The molecule has 1 aliphatic rings. The first-order chi connectivity index (χ1) is 9.30. The quantitative estimate of drug-likeness (QED) is 0.810. The van der Waals surface area contributed by atoms with Gasteiger partial charge in [-0.25, -0.2) is 0 Å². The monoisotopic (exact) mass is 354 g/mol. The van der Waals surface area contributed by atoms with Crippen molar-refractivity contribution in [2.45, 2.75) is 45.6 Å². The molecular formula is C16H23BrN2S. The highest BCUT2D eigenvalue weighted by molar-refractivity contribution is 9.10. The first kappa shape index (κ1) is 15.8.